The van der Waals surface area contributed by atoms with E-state index in [9.17, 15) is 4.79 Å². The smallest absolute Gasteiger partial charge is 0.251 e. The van der Waals surface area contributed by atoms with Gasteiger partial charge < -0.3 is 15.8 Å². The molecule has 0 bridgehead atoms. The monoisotopic (exact) mass is 334 g/mol. The number of hydrogen-bond donors (Lipinski definition) is 2. The summed E-state index contributed by atoms with van der Waals surface area (Å²) in [7, 11) is 1.61. The van der Waals surface area contributed by atoms with Crippen LogP contribution in [-0.2, 0) is 0 Å². The molecule has 3 rings (SSSR count). The molecule has 0 aromatic heterocycles. The van der Waals surface area contributed by atoms with E-state index in [4.69, 9.17) is 10.5 Å². The number of carbonyl (C=O) groups excluding carboxylic acids is 1. The summed E-state index contributed by atoms with van der Waals surface area (Å²) in [6.07, 6.45) is 0. The lowest BCUT2D eigenvalue weighted by Gasteiger charge is -2.16. The molecule has 3 aromatic rings. The SMILES string of the molecule is COc1ccccc1C(N)CNC(=O)c1ccc2cc(C)ccc2c1. The molecule has 0 heterocycles. The van der Waals surface area contributed by atoms with Crippen molar-refractivity contribution in [1.29, 1.82) is 0 Å². The largest absolute Gasteiger partial charge is 0.496 e. The number of methoxy groups -OCH3 is 1. The van der Waals surface area contributed by atoms with E-state index in [1.165, 1.54) is 5.56 Å². The van der Waals surface area contributed by atoms with Gasteiger partial charge in [-0.15, -0.1) is 0 Å². The second-order valence-corrected chi connectivity index (χ2v) is 6.12. The van der Waals surface area contributed by atoms with E-state index < -0.39 is 0 Å². The minimum absolute atomic E-state index is 0.132. The Balaban J connectivity index is 1.71. The zero-order valence-electron chi connectivity index (χ0n) is 14.5. The standard InChI is InChI=1S/C21H22N2O2/c1-14-7-8-16-12-17(10-9-15(16)11-14)21(24)23-13-19(22)18-5-3-4-6-20(18)25-2/h3-12,19H,13,22H2,1-2H3,(H,23,24). The molecular formula is C21H22N2O2. The molecule has 0 saturated carbocycles. The molecule has 4 heteroatoms. The number of amides is 1. The molecule has 3 aromatic carbocycles. The molecule has 0 spiro atoms. The van der Waals surface area contributed by atoms with Gasteiger partial charge in [-0.25, -0.2) is 0 Å². The molecule has 25 heavy (non-hydrogen) atoms. The first-order valence-electron chi connectivity index (χ1n) is 8.25. The third-order valence-corrected chi connectivity index (χ3v) is 4.28. The van der Waals surface area contributed by atoms with Crippen molar-refractivity contribution in [1.82, 2.24) is 5.32 Å². The normalized spacial score (nSPS) is 12.0. The molecule has 0 aliphatic carbocycles. The number of fused-ring (bicyclic) bond motifs is 1. The van der Waals surface area contributed by atoms with Crippen LogP contribution in [0.3, 0.4) is 0 Å². The predicted octanol–water partition coefficient (Wildman–Crippen LogP) is 3.59. The Labute approximate surface area is 147 Å². The van der Waals surface area contributed by atoms with Gasteiger partial charge in [0.05, 0.1) is 13.2 Å². The number of rotatable bonds is 5. The van der Waals surface area contributed by atoms with Gasteiger partial charge in [0.2, 0.25) is 0 Å². The second-order valence-electron chi connectivity index (χ2n) is 6.12. The molecular weight excluding hydrogens is 312 g/mol. The average Bonchev–Trinajstić information content (AvgIpc) is 2.65. The average molecular weight is 334 g/mol. The fourth-order valence-corrected chi connectivity index (χ4v) is 2.89. The minimum Gasteiger partial charge on any atom is -0.496 e. The molecule has 128 valence electrons. The van der Waals surface area contributed by atoms with Crippen LogP contribution in [0.1, 0.15) is 27.5 Å². The number of nitrogens with two attached hydrogens (primary N) is 1. The zero-order chi connectivity index (χ0) is 17.8. The van der Waals surface area contributed by atoms with Crippen molar-refractivity contribution in [2.24, 2.45) is 5.73 Å². The summed E-state index contributed by atoms with van der Waals surface area (Å²) in [6.45, 7) is 2.39. The molecule has 0 aliphatic heterocycles. The Kier molecular flexibility index (Phi) is 5.00. The van der Waals surface area contributed by atoms with Gasteiger partial charge in [0.15, 0.2) is 0 Å². The molecule has 0 saturated heterocycles. The Morgan fingerprint density at radius 1 is 1.08 bits per heavy atom. The van der Waals surface area contributed by atoms with Crippen LogP contribution in [0.5, 0.6) is 5.75 Å². The summed E-state index contributed by atoms with van der Waals surface area (Å²) in [5, 5.41) is 5.08. The molecule has 1 amide bonds. The molecule has 0 aliphatic rings. The van der Waals surface area contributed by atoms with Gasteiger partial charge >= 0.3 is 0 Å². The summed E-state index contributed by atoms with van der Waals surface area (Å²) < 4.78 is 5.32. The van der Waals surface area contributed by atoms with E-state index in [2.05, 4.69) is 18.3 Å². The van der Waals surface area contributed by atoms with Crippen molar-refractivity contribution < 1.29 is 9.53 Å². The highest BCUT2D eigenvalue weighted by molar-refractivity contribution is 5.98. The maximum Gasteiger partial charge on any atom is 0.251 e. The van der Waals surface area contributed by atoms with Crippen LogP contribution in [0.4, 0.5) is 0 Å². The molecule has 0 fully saturated rings. The summed E-state index contributed by atoms with van der Waals surface area (Å²) in [5.74, 6) is 0.596. The second kappa shape index (κ2) is 7.36. The number of nitrogens with one attached hydrogen (secondary N) is 1. The van der Waals surface area contributed by atoms with Gasteiger partial charge in [0, 0.05) is 17.7 Å². The Morgan fingerprint density at radius 2 is 1.80 bits per heavy atom. The van der Waals surface area contributed by atoms with Crippen molar-refractivity contribution in [3.63, 3.8) is 0 Å². The quantitative estimate of drug-likeness (QED) is 0.749. The van der Waals surface area contributed by atoms with Gasteiger partial charge in [-0.3, -0.25) is 4.79 Å². The van der Waals surface area contributed by atoms with Gasteiger partial charge in [-0.05, 0) is 35.9 Å². The lowest BCUT2D eigenvalue weighted by atomic mass is 10.0. The third kappa shape index (κ3) is 3.80. The molecule has 1 unspecified atom stereocenters. The number of para-hydroxylation sites is 1. The maximum atomic E-state index is 12.4. The number of hydrogen-bond acceptors (Lipinski definition) is 3. The van der Waals surface area contributed by atoms with Crippen LogP contribution in [0.2, 0.25) is 0 Å². The maximum absolute atomic E-state index is 12.4. The highest BCUT2D eigenvalue weighted by Crippen LogP contribution is 2.23. The summed E-state index contributed by atoms with van der Waals surface area (Å²) in [5.41, 5.74) is 8.91. The third-order valence-electron chi connectivity index (χ3n) is 4.28. The van der Waals surface area contributed by atoms with Gasteiger partial charge in [-0.2, -0.15) is 0 Å². The number of aryl methyl sites for hydroxylation is 1. The van der Waals surface area contributed by atoms with E-state index in [0.29, 0.717) is 12.1 Å². The van der Waals surface area contributed by atoms with Crippen molar-refractivity contribution in [2.75, 3.05) is 13.7 Å². The molecule has 1 atom stereocenters. The molecule has 4 nitrogen and oxygen atoms in total. The van der Waals surface area contributed by atoms with Crippen molar-refractivity contribution >= 4 is 16.7 Å². The first-order valence-corrected chi connectivity index (χ1v) is 8.25. The van der Waals surface area contributed by atoms with Crippen molar-refractivity contribution in [3.8, 4) is 5.75 Å². The Hall–Kier alpha value is -2.85. The van der Waals surface area contributed by atoms with Crippen LogP contribution in [0.15, 0.2) is 60.7 Å². The zero-order valence-corrected chi connectivity index (χ0v) is 14.5. The van der Waals surface area contributed by atoms with E-state index in [1.54, 1.807) is 7.11 Å². The first-order chi connectivity index (χ1) is 12.1. The van der Waals surface area contributed by atoms with E-state index in [1.807, 2.05) is 54.6 Å². The Bertz CT molecular complexity index is 905. The fraction of sp³-hybridized carbons (Fsp3) is 0.190. The van der Waals surface area contributed by atoms with Gasteiger partial charge in [-0.1, -0.05) is 48.0 Å². The lowest BCUT2D eigenvalue weighted by Crippen LogP contribution is -2.32. The fourth-order valence-electron chi connectivity index (χ4n) is 2.89. The summed E-state index contributed by atoms with van der Waals surface area (Å²) >= 11 is 0. The Morgan fingerprint density at radius 3 is 2.60 bits per heavy atom. The van der Waals surface area contributed by atoms with Crippen LogP contribution < -0.4 is 15.8 Å². The molecule has 3 N–H and O–H groups in total. The number of carbonyl (C=O) groups is 1. The van der Waals surface area contributed by atoms with Crippen LogP contribution in [0, 0.1) is 6.92 Å². The summed E-state index contributed by atoms with van der Waals surface area (Å²) in [4.78, 5) is 12.4. The van der Waals surface area contributed by atoms with E-state index in [0.717, 1.165) is 22.1 Å². The van der Waals surface area contributed by atoms with Crippen molar-refractivity contribution in [2.45, 2.75) is 13.0 Å². The van der Waals surface area contributed by atoms with Gasteiger partial charge in [0.25, 0.3) is 5.91 Å². The predicted molar refractivity (Wildman–Crippen MR) is 101 cm³/mol. The van der Waals surface area contributed by atoms with Crippen LogP contribution >= 0.6 is 0 Å². The van der Waals surface area contributed by atoms with Crippen LogP contribution in [-0.4, -0.2) is 19.6 Å². The molecule has 0 radical (unpaired) electrons. The minimum atomic E-state index is -0.330. The highest BCUT2D eigenvalue weighted by Gasteiger charge is 2.13. The summed E-state index contributed by atoms with van der Waals surface area (Å²) in [6, 6.07) is 19.1. The first kappa shape index (κ1) is 17.0. The number of ether oxygens (including phenoxy) is 1. The van der Waals surface area contributed by atoms with Gasteiger partial charge in [0.1, 0.15) is 5.75 Å². The topological polar surface area (TPSA) is 64.3 Å². The van der Waals surface area contributed by atoms with E-state index >= 15 is 0 Å². The van der Waals surface area contributed by atoms with E-state index in [-0.39, 0.29) is 11.9 Å². The van der Waals surface area contributed by atoms with Crippen LogP contribution in [0.25, 0.3) is 10.8 Å². The van der Waals surface area contributed by atoms with Crippen molar-refractivity contribution in [3.05, 3.63) is 77.4 Å². The highest BCUT2D eigenvalue weighted by atomic mass is 16.5. The number of benzene rings is 3. The lowest BCUT2D eigenvalue weighted by molar-refractivity contribution is 0.0951.